The van der Waals surface area contributed by atoms with E-state index < -0.39 is 0 Å². The highest BCUT2D eigenvalue weighted by molar-refractivity contribution is 14.0. The van der Waals surface area contributed by atoms with Crippen LogP contribution in [-0.2, 0) is 12.0 Å². The predicted octanol–water partition coefficient (Wildman–Crippen LogP) is 4.11. The van der Waals surface area contributed by atoms with Gasteiger partial charge in [0, 0.05) is 31.1 Å². The average molecular weight is 495 g/mol. The van der Waals surface area contributed by atoms with Crippen molar-refractivity contribution in [2.24, 2.45) is 4.99 Å². The number of methoxy groups -OCH3 is 2. The topological polar surface area (TPSA) is 54.9 Å². The molecule has 1 aliphatic carbocycles. The minimum Gasteiger partial charge on any atom is -0.493 e. The Labute approximate surface area is 184 Å². The molecular formula is C22H30IN3O2. The van der Waals surface area contributed by atoms with Crippen LogP contribution >= 0.6 is 24.0 Å². The smallest absolute Gasteiger partial charge is 0.191 e. The Morgan fingerprint density at radius 3 is 2.32 bits per heavy atom. The van der Waals surface area contributed by atoms with Crippen molar-refractivity contribution in [1.82, 2.24) is 10.6 Å². The van der Waals surface area contributed by atoms with E-state index in [0.29, 0.717) is 6.54 Å². The van der Waals surface area contributed by atoms with Crippen LogP contribution in [0.3, 0.4) is 0 Å². The van der Waals surface area contributed by atoms with Crippen LogP contribution in [0.1, 0.15) is 30.4 Å². The third-order valence-corrected chi connectivity index (χ3v) is 5.45. The normalized spacial score (nSPS) is 15.0. The second-order valence-electron chi connectivity index (χ2n) is 6.93. The van der Waals surface area contributed by atoms with Crippen LogP contribution in [0.25, 0.3) is 0 Å². The van der Waals surface area contributed by atoms with Crippen LogP contribution in [-0.4, -0.2) is 33.8 Å². The first-order valence-corrected chi connectivity index (χ1v) is 9.42. The average Bonchev–Trinajstić information content (AvgIpc) is 2.69. The van der Waals surface area contributed by atoms with E-state index in [1.165, 1.54) is 24.8 Å². The van der Waals surface area contributed by atoms with Gasteiger partial charge in [-0.3, -0.25) is 4.99 Å². The Balaban J connectivity index is 0.00000280. The molecule has 0 aliphatic heterocycles. The van der Waals surface area contributed by atoms with Gasteiger partial charge < -0.3 is 20.1 Å². The summed E-state index contributed by atoms with van der Waals surface area (Å²) < 4.78 is 10.9. The van der Waals surface area contributed by atoms with Crippen molar-refractivity contribution >= 4 is 29.9 Å². The molecule has 2 N–H and O–H groups in total. The van der Waals surface area contributed by atoms with E-state index in [-0.39, 0.29) is 29.4 Å². The molecule has 0 aromatic heterocycles. The van der Waals surface area contributed by atoms with Gasteiger partial charge >= 0.3 is 0 Å². The Hall–Kier alpha value is -1.96. The second kappa shape index (κ2) is 10.5. The molecule has 2 aromatic rings. The van der Waals surface area contributed by atoms with Gasteiger partial charge in [0.15, 0.2) is 17.5 Å². The molecule has 28 heavy (non-hydrogen) atoms. The van der Waals surface area contributed by atoms with Crippen molar-refractivity contribution in [3.63, 3.8) is 0 Å². The maximum absolute atomic E-state index is 5.51. The van der Waals surface area contributed by atoms with Gasteiger partial charge in [0.2, 0.25) is 0 Å². The van der Waals surface area contributed by atoms with E-state index in [4.69, 9.17) is 9.47 Å². The molecule has 6 heteroatoms. The monoisotopic (exact) mass is 495 g/mol. The van der Waals surface area contributed by atoms with Gasteiger partial charge in [0.25, 0.3) is 0 Å². The number of para-hydroxylation sites is 1. The van der Waals surface area contributed by atoms with Crippen LogP contribution in [0.4, 0.5) is 0 Å². The summed E-state index contributed by atoms with van der Waals surface area (Å²) in [7, 11) is 5.11. The minimum atomic E-state index is 0. The lowest BCUT2D eigenvalue weighted by molar-refractivity contribution is 0.244. The maximum atomic E-state index is 5.51. The van der Waals surface area contributed by atoms with Crippen LogP contribution in [0.2, 0.25) is 0 Å². The number of hydrogen-bond acceptors (Lipinski definition) is 3. The summed E-state index contributed by atoms with van der Waals surface area (Å²) >= 11 is 0. The Morgan fingerprint density at radius 2 is 1.75 bits per heavy atom. The van der Waals surface area contributed by atoms with Crippen molar-refractivity contribution in [3.05, 3.63) is 59.7 Å². The fourth-order valence-electron chi connectivity index (χ4n) is 3.71. The van der Waals surface area contributed by atoms with Crippen LogP contribution in [0.5, 0.6) is 11.5 Å². The molecule has 152 valence electrons. The number of ether oxygens (including phenoxy) is 2. The number of hydrogen-bond donors (Lipinski definition) is 2. The zero-order valence-corrected chi connectivity index (χ0v) is 19.2. The van der Waals surface area contributed by atoms with E-state index in [9.17, 15) is 0 Å². The fourth-order valence-corrected chi connectivity index (χ4v) is 3.71. The van der Waals surface area contributed by atoms with Gasteiger partial charge in [-0.05, 0) is 24.5 Å². The molecule has 5 nitrogen and oxygen atoms in total. The van der Waals surface area contributed by atoms with Crippen LogP contribution < -0.4 is 20.1 Å². The van der Waals surface area contributed by atoms with Crippen LogP contribution in [0, 0.1) is 0 Å². The van der Waals surface area contributed by atoms with Crippen molar-refractivity contribution in [1.29, 1.82) is 0 Å². The first-order valence-electron chi connectivity index (χ1n) is 9.42. The number of benzene rings is 2. The first kappa shape index (κ1) is 22.3. The van der Waals surface area contributed by atoms with Crippen LogP contribution in [0.15, 0.2) is 53.5 Å². The summed E-state index contributed by atoms with van der Waals surface area (Å²) in [5, 5.41) is 6.90. The molecule has 1 saturated carbocycles. The zero-order valence-electron chi connectivity index (χ0n) is 16.8. The molecular weight excluding hydrogens is 465 g/mol. The SMILES string of the molecule is CN=C(NCc1cccc(OC)c1OC)NCC1(c2ccccc2)CCC1.I. The summed E-state index contributed by atoms with van der Waals surface area (Å²) in [6.45, 7) is 1.49. The highest BCUT2D eigenvalue weighted by Crippen LogP contribution is 2.43. The molecule has 0 unspecified atom stereocenters. The third kappa shape index (κ3) is 4.90. The molecule has 0 amide bonds. The summed E-state index contributed by atoms with van der Waals surface area (Å²) in [5.74, 6) is 2.28. The zero-order chi connectivity index (χ0) is 19.1. The Bertz CT molecular complexity index is 777. The molecule has 1 fully saturated rings. The molecule has 0 radical (unpaired) electrons. The van der Waals surface area contributed by atoms with E-state index in [1.807, 2.05) is 18.2 Å². The molecule has 0 bridgehead atoms. The standard InChI is InChI=1S/C22H29N3O2.HI/c1-23-21(24-15-17-9-7-12-19(26-2)20(17)27-3)25-16-22(13-8-14-22)18-10-5-4-6-11-18;/h4-7,9-12H,8,13-16H2,1-3H3,(H2,23,24,25);1H. The minimum absolute atomic E-state index is 0. The summed E-state index contributed by atoms with van der Waals surface area (Å²) in [4.78, 5) is 4.38. The number of rotatable bonds is 7. The van der Waals surface area contributed by atoms with Crippen molar-refractivity contribution in [2.45, 2.75) is 31.2 Å². The number of halogens is 1. The molecule has 1 aliphatic rings. The first-order chi connectivity index (χ1) is 13.2. The van der Waals surface area contributed by atoms with Crippen molar-refractivity contribution < 1.29 is 9.47 Å². The van der Waals surface area contributed by atoms with Gasteiger partial charge in [-0.25, -0.2) is 0 Å². The third-order valence-electron chi connectivity index (χ3n) is 5.45. The highest BCUT2D eigenvalue weighted by atomic mass is 127. The van der Waals surface area contributed by atoms with Crippen molar-refractivity contribution in [2.75, 3.05) is 27.8 Å². The van der Waals surface area contributed by atoms with Gasteiger partial charge in [0.1, 0.15) is 0 Å². The Kier molecular flexibility index (Phi) is 8.41. The van der Waals surface area contributed by atoms with Crippen molar-refractivity contribution in [3.8, 4) is 11.5 Å². The van der Waals surface area contributed by atoms with Gasteiger partial charge in [-0.15, -0.1) is 24.0 Å². The largest absolute Gasteiger partial charge is 0.493 e. The Morgan fingerprint density at radius 1 is 1.00 bits per heavy atom. The molecule has 0 atom stereocenters. The molecule has 2 aromatic carbocycles. The maximum Gasteiger partial charge on any atom is 0.191 e. The van der Waals surface area contributed by atoms with E-state index in [2.05, 4.69) is 46.0 Å². The van der Waals surface area contributed by atoms with Gasteiger partial charge in [0.05, 0.1) is 14.2 Å². The van der Waals surface area contributed by atoms with E-state index in [1.54, 1.807) is 21.3 Å². The quantitative estimate of drug-likeness (QED) is 0.345. The van der Waals surface area contributed by atoms with E-state index in [0.717, 1.165) is 29.6 Å². The molecule has 3 rings (SSSR count). The lowest BCUT2D eigenvalue weighted by Crippen LogP contribution is -2.48. The molecule has 0 heterocycles. The number of nitrogens with zero attached hydrogens (tertiary/aromatic N) is 1. The lowest BCUT2D eigenvalue weighted by atomic mass is 9.64. The summed E-state index contributed by atoms with van der Waals surface area (Å²) in [6, 6.07) is 16.7. The number of nitrogens with one attached hydrogen (secondary N) is 2. The fraction of sp³-hybridized carbons (Fsp3) is 0.409. The highest BCUT2D eigenvalue weighted by Gasteiger charge is 2.38. The number of aliphatic imine (C=N–C) groups is 1. The summed E-state index contributed by atoms with van der Waals surface area (Å²) in [6.07, 6.45) is 3.71. The number of guanidine groups is 1. The van der Waals surface area contributed by atoms with Gasteiger partial charge in [-0.2, -0.15) is 0 Å². The molecule has 0 spiro atoms. The lowest BCUT2D eigenvalue weighted by Gasteiger charge is -2.43. The van der Waals surface area contributed by atoms with E-state index >= 15 is 0 Å². The molecule has 0 saturated heterocycles. The summed E-state index contributed by atoms with van der Waals surface area (Å²) in [5.41, 5.74) is 2.65. The predicted molar refractivity (Wildman–Crippen MR) is 125 cm³/mol. The second-order valence-corrected chi connectivity index (χ2v) is 6.93. The van der Waals surface area contributed by atoms with Gasteiger partial charge in [-0.1, -0.05) is 48.9 Å².